The molecule has 0 saturated carbocycles. The summed E-state index contributed by atoms with van der Waals surface area (Å²) < 4.78 is 13.3. The smallest absolute Gasteiger partial charge is 0.138 e. The van der Waals surface area contributed by atoms with Crippen LogP contribution >= 0.6 is 0 Å². The number of H-pyrrole nitrogens is 1. The monoisotopic (exact) mass is 255 g/mol. The molecule has 0 amide bonds. The predicted molar refractivity (Wildman–Crippen MR) is 74.1 cm³/mol. The molecule has 1 aromatic heterocycles. The Morgan fingerprint density at radius 2 is 2.11 bits per heavy atom. The molecular weight excluding hydrogens is 241 g/mol. The largest absolute Gasteiger partial charge is 0.338 e. The second-order valence-electron chi connectivity index (χ2n) is 4.57. The molecule has 0 aliphatic heterocycles. The van der Waals surface area contributed by atoms with Crippen LogP contribution < -0.4 is 5.73 Å². The highest BCUT2D eigenvalue weighted by Gasteiger charge is 2.09. The van der Waals surface area contributed by atoms with Gasteiger partial charge in [-0.2, -0.15) is 0 Å². The number of hydrogen-bond acceptors (Lipinski definition) is 2. The van der Waals surface area contributed by atoms with Crippen LogP contribution in [-0.2, 0) is 6.54 Å². The van der Waals surface area contributed by atoms with E-state index in [0.29, 0.717) is 12.1 Å². The molecule has 1 heterocycles. The number of aromatic nitrogens is 2. The van der Waals surface area contributed by atoms with E-state index in [1.807, 2.05) is 18.2 Å². The Morgan fingerprint density at radius 3 is 2.84 bits per heavy atom. The summed E-state index contributed by atoms with van der Waals surface area (Å²) in [5.74, 6) is 0.529. The van der Waals surface area contributed by atoms with E-state index in [2.05, 4.69) is 9.97 Å². The van der Waals surface area contributed by atoms with Gasteiger partial charge in [0.2, 0.25) is 0 Å². The molecule has 0 bridgehead atoms. The van der Waals surface area contributed by atoms with Crippen LogP contribution in [0.5, 0.6) is 0 Å². The Hall–Kier alpha value is -2.20. The van der Waals surface area contributed by atoms with Crippen molar-refractivity contribution in [1.29, 1.82) is 0 Å². The predicted octanol–water partition coefficient (Wildman–Crippen LogP) is 3.14. The highest BCUT2D eigenvalue weighted by molar-refractivity contribution is 5.82. The van der Waals surface area contributed by atoms with Crippen molar-refractivity contribution in [2.24, 2.45) is 5.73 Å². The summed E-state index contributed by atoms with van der Waals surface area (Å²) in [7, 11) is 0. The molecule has 0 spiro atoms. The molecule has 0 radical (unpaired) electrons. The van der Waals surface area contributed by atoms with Gasteiger partial charge in [-0.15, -0.1) is 0 Å². The zero-order valence-corrected chi connectivity index (χ0v) is 10.6. The number of imidazole rings is 1. The van der Waals surface area contributed by atoms with Crippen molar-refractivity contribution in [1.82, 2.24) is 9.97 Å². The normalized spacial score (nSPS) is 11.1. The molecule has 0 fully saturated rings. The Morgan fingerprint density at radius 1 is 1.26 bits per heavy atom. The third-order valence-corrected chi connectivity index (χ3v) is 3.25. The number of aryl methyl sites for hydroxylation is 1. The first-order chi connectivity index (χ1) is 9.19. The summed E-state index contributed by atoms with van der Waals surface area (Å²) in [6, 6.07) is 10.8. The fourth-order valence-electron chi connectivity index (χ4n) is 2.18. The van der Waals surface area contributed by atoms with Gasteiger partial charge in [0.1, 0.15) is 11.6 Å². The van der Waals surface area contributed by atoms with Crippen molar-refractivity contribution in [2.75, 3.05) is 0 Å². The summed E-state index contributed by atoms with van der Waals surface area (Å²) in [5.41, 5.74) is 10.0. The van der Waals surface area contributed by atoms with Crippen molar-refractivity contribution in [3.05, 3.63) is 53.3 Å². The van der Waals surface area contributed by atoms with Crippen LogP contribution in [-0.4, -0.2) is 9.97 Å². The summed E-state index contributed by atoms with van der Waals surface area (Å²) >= 11 is 0. The van der Waals surface area contributed by atoms with E-state index in [-0.39, 0.29) is 5.82 Å². The molecule has 0 aliphatic rings. The number of rotatable bonds is 2. The molecule has 0 atom stereocenters. The van der Waals surface area contributed by atoms with E-state index in [0.717, 1.165) is 28.0 Å². The molecule has 3 nitrogen and oxygen atoms in total. The number of nitrogens with one attached hydrogen (secondary N) is 1. The maximum Gasteiger partial charge on any atom is 0.138 e. The van der Waals surface area contributed by atoms with Gasteiger partial charge in [0.25, 0.3) is 0 Å². The minimum Gasteiger partial charge on any atom is -0.338 e. The summed E-state index contributed by atoms with van der Waals surface area (Å²) in [4.78, 5) is 7.81. The molecule has 0 unspecified atom stereocenters. The van der Waals surface area contributed by atoms with Crippen molar-refractivity contribution in [3.8, 4) is 11.4 Å². The second-order valence-corrected chi connectivity index (χ2v) is 4.57. The molecule has 4 heteroatoms. The number of halogens is 1. The lowest BCUT2D eigenvalue weighted by atomic mass is 10.1. The van der Waals surface area contributed by atoms with Gasteiger partial charge in [0.05, 0.1) is 11.0 Å². The van der Waals surface area contributed by atoms with E-state index in [1.165, 1.54) is 6.07 Å². The molecule has 96 valence electrons. The van der Waals surface area contributed by atoms with Gasteiger partial charge in [0, 0.05) is 12.1 Å². The summed E-state index contributed by atoms with van der Waals surface area (Å²) in [6.45, 7) is 2.19. The third kappa shape index (κ3) is 2.00. The quantitative estimate of drug-likeness (QED) is 0.739. The number of hydrogen-bond donors (Lipinski definition) is 2. The van der Waals surface area contributed by atoms with Crippen molar-refractivity contribution >= 4 is 11.0 Å². The molecule has 3 rings (SSSR count). The van der Waals surface area contributed by atoms with Crippen LogP contribution in [0.15, 0.2) is 36.4 Å². The van der Waals surface area contributed by atoms with Crippen molar-refractivity contribution < 1.29 is 4.39 Å². The maximum absolute atomic E-state index is 13.3. The Balaban J connectivity index is 2.17. The van der Waals surface area contributed by atoms with Crippen LogP contribution in [0.4, 0.5) is 4.39 Å². The summed E-state index contributed by atoms with van der Waals surface area (Å²) in [5, 5.41) is 0. The van der Waals surface area contributed by atoms with Gasteiger partial charge in [-0.3, -0.25) is 0 Å². The van der Waals surface area contributed by atoms with Gasteiger partial charge in [0.15, 0.2) is 0 Å². The Kier molecular flexibility index (Phi) is 2.80. The second kappa shape index (κ2) is 4.48. The van der Waals surface area contributed by atoms with Crippen molar-refractivity contribution in [3.63, 3.8) is 0 Å². The first kappa shape index (κ1) is 11.9. The van der Waals surface area contributed by atoms with Gasteiger partial charge in [-0.05, 0) is 42.3 Å². The fraction of sp³-hybridized carbons (Fsp3) is 0.133. The van der Waals surface area contributed by atoms with Gasteiger partial charge < -0.3 is 10.7 Å². The van der Waals surface area contributed by atoms with Crippen LogP contribution in [0.25, 0.3) is 22.4 Å². The minimum atomic E-state index is -0.206. The van der Waals surface area contributed by atoms with Gasteiger partial charge >= 0.3 is 0 Å². The highest BCUT2D eigenvalue weighted by atomic mass is 19.1. The minimum absolute atomic E-state index is 0.206. The van der Waals surface area contributed by atoms with E-state index < -0.39 is 0 Å². The molecular formula is C15H14FN3. The maximum atomic E-state index is 13.3. The lowest BCUT2D eigenvalue weighted by Crippen LogP contribution is -1.96. The topological polar surface area (TPSA) is 54.7 Å². The lowest BCUT2D eigenvalue weighted by molar-refractivity contribution is 0.618. The Bertz CT molecular complexity index is 746. The van der Waals surface area contributed by atoms with Crippen LogP contribution in [0.1, 0.15) is 11.1 Å². The van der Waals surface area contributed by atoms with Crippen LogP contribution in [0.3, 0.4) is 0 Å². The molecule has 2 aromatic carbocycles. The van der Waals surface area contributed by atoms with Crippen LogP contribution in [0.2, 0.25) is 0 Å². The van der Waals surface area contributed by atoms with E-state index in [4.69, 9.17) is 5.73 Å². The number of benzene rings is 2. The molecule has 0 saturated heterocycles. The lowest BCUT2D eigenvalue weighted by Gasteiger charge is -1.99. The average Bonchev–Trinajstić information content (AvgIpc) is 2.85. The number of fused-ring (bicyclic) bond motifs is 1. The first-order valence-electron chi connectivity index (χ1n) is 6.13. The molecule has 0 aliphatic carbocycles. The SMILES string of the molecule is Cc1cc(-c2nc3c(CN)cccc3[nH]2)ccc1F. The highest BCUT2D eigenvalue weighted by Crippen LogP contribution is 2.24. The van der Waals surface area contributed by atoms with E-state index in [1.54, 1.807) is 19.1 Å². The van der Waals surface area contributed by atoms with E-state index in [9.17, 15) is 4.39 Å². The molecule has 3 aromatic rings. The number of nitrogens with zero attached hydrogens (tertiary/aromatic N) is 1. The number of nitrogens with two attached hydrogens (primary N) is 1. The van der Waals surface area contributed by atoms with Crippen molar-refractivity contribution in [2.45, 2.75) is 13.5 Å². The van der Waals surface area contributed by atoms with Gasteiger partial charge in [-0.1, -0.05) is 12.1 Å². The fourth-order valence-corrected chi connectivity index (χ4v) is 2.18. The summed E-state index contributed by atoms with van der Waals surface area (Å²) in [6.07, 6.45) is 0. The average molecular weight is 255 g/mol. The number of para-hydroxylation sites is 1. The number of aromatic amines is 1. The van der Waals surface area contributed by atoms with Crippen LogP contribution in [0, 0.1) is 12.7 Å². The molecule has 3 N–H and O–H groups in total. The molecule has 19 heavy (non-hydrogen) atoms. The van der Waals surface area contributed by atoms with Gasteiger partial charge in [-0.25, -0.2) is 9.37 Å². The zero-order valence-electron chi connectivity index (χ0n) is 10.6. The first-order valence-corrected chi connectivity index (χ1v) is 6.13. The standard InChI is InChI=1S/C15H14FN3/c1-9-7-10(5-6-12(9)16)15-18-13-4-2-3-11(8-17)14(13)19-15/h2-7H,8,17H2,1H3,(H,18,19). The zero-order chi connectivity index (χ0) is 13.4. The Labute approximate surface area is 110 Å². The van der Waals surface area contributed by atoms with E-state index >= 15 is 0 Å². The third-order valence-electron chi connectivity index (χ3n) is 3.25.